The third-order valence-electron chi connectivity index (χ3n) is 5.87. The van der Waals surface area contributed by atoms with Gasteiger partial charge < -0.3 is 4.90 Å². The first-order chi connectivity index (χ1) is 14.0. The van der Waals surface area contributed by atoms with Crippen LogP contribution in [-0.2, 0) is 17.8 Å². The van der Waals surface area contributed by atoms with E-state index in [2.05, 4.69) is 22.1 Å². The molecule has 1 fully saturated rings. The predicted octanol–water partition coefficient (Wildman–Crippen LogP) is 3.93. The Bertz CT molecular complexity index is 902. The topological polar surface area (TPSA) is 65.5 Å². The summed E-state index contributed by atoms with van der Waals surface area (Å²) in [7, 11) is 0. The molecule has 0 atom stereocenters. The third kappa shape index (κ3) is 4.51. The molecule has 0 saturated carbocycles. The molecule has 2 aliphatic rings. The zero-order chi connectivity index (χ0) is 20.4. The van der Waals surface area contributed by atoms with Crippen molar-refractivity contribution in [2.75, 3.05) is 29.9 Å². The number of nitrogens with one attached hydrogen (secondary N) is 1. The number of likely N-dealkylation sites (tertiary alicyclic amines) is 1. The van der Waals surface area contributed by atoms with Gasteiger partial charge in [-0.05, 0) is 62.0 Å². The fraction of sp³-hybridized carbons (Fsp3) is 0.500. The minimum atomic E-state index is -0.152. The van der Waals surface area contributed by atoms with Crippen LogP contribution in [0.15, 0.2) is 23.6 Å². The number of fused-ring (bicyclic) bond motifs is 1. The van der Waals surface area contributed by atoms with Crippen LogP contribution in [0.3, 0.4) is 0 Å². The van der Waals surface area contributed by atoms with Gasteiger partial charge in [0.25, 0.3) is 5.91 Å². The summed E-state index contributed by atoms with van der Waals surface area (Å²) in [5.41, 5.74) is 3.61. The van der Waals surface area contributed by atoms with Gasteiger partial charge in [0, 0.05) is 36.1 Å². The number of carbonyl (C=O) groups excluding carboxylic acids is 2. The second kappa shape index (κ2) is 8.63. The minimum absolute atomic E-state index is 0.124. The van der Waals surface area contributed by atoms with Gasteiger partial charge in [-0.15, -0.1) is 11.3 Å². The number of nitrogens with zero attached hydrogens (tertiary/aromatic N) is 3. The summed E-state index contributed by atoms with van der Waals surface area (Å²) in [6, 6.07) is 5.57. The van der Waals surface area contributed by atoms with Gasteiger partial charge in [-0.1, -0.05) is 13.8 Å². The van der Waals surface area contributed by atoms with Gasteiger partial charge in [-0.2, -0.15) is 0 Å². The molecule has 0 unspecified atom stereocenters. The third-order valence-corrected chi connectivity index (χ3v) is 6.68. The molecule has 2 aromatic rings. The molecule has 1 N–H and O–H groups in total. The van der Waals surface area contributed by atoms with Crippen LogP contribution in [0, 0.1) is 5.92 Å². The van der Waals surface area contributed by atoms with Crippen molar-refractivity contribution < 1.29 is 9.59 Å². The van der Waals surface area contributed by atoms with E-state index in [-0.39, 0.29) is 11.8 Å². The molecule has 0 spiro atoms. The molecule has 1 saturated heterocycles. The Balaban J connectivity index is 1.38. The number of rotatable bonds is 5. The van der Waals surface area contributed by atoms with E-state index in [1.54, 1.807) is 6.07 Å². The molecule has 154 valence electrons. The Kier molecular flexibility index (Phi) is 5.96. The van der Waals surface area contributed by atoms with Crippen LogP contribution >= 0.6 is 11.3 Å². The Morgan fingerprint density at radius 3 is 2.79 bits per heavy atom. The second-order valence-corrected chi connectivity index (χ2v) is 8.91. The minimum Gasteiger partial charge on any atom is -0.312 e. The smallest absolute Gasteiger partial charge is 0.257 e. The van der Waals surface area contributed by atoms with Gasteiger partial charge in [0.1, 0.15) is 0 Å². The number of aromatic nitrogens is 1. The number of carbonyl (C=O) groups is 2. The van der Waals surface area contributed by atoms with Crippen LogP contribution in [0.2, 0.25) is 0 Å². The average Bonchev–Trinajstić information content (AvgIpc) is 3.35. The van der Waals surface area contributed by atoms with E-state index in [1.807, 2.05) is 29.3 Å². The number of thiazole rings is 1. The summed E-state index contributed by atoms with van der Waals surface area (Å²) in [5, 5.41) is 5.60. The Morgan fingerprint density at radius 1 is 1.24 bits per heavy atom. The first-order valence-corrected chi connectivity index (χ1v) is 11.3. The van der Waals surface area contributed by atoms with E-state index in [4.69, 9.17) is 0 Å². The average molecular weight is 413 g/mol. The van der Waals surface area contributed by atoms with Gasteiger partial charge >= 0.3 is 0 Å². The van der Waals surface area contributed by atoms with Crippen LogP contribution in [0.5, 0.6) is 0 Å². The van der Waals surface area contributed by atoms with Crippen LogP contribution in [0.4, 0.5) is 10.8 Å². The highest BCUT2D eigenvalue weighted by Gasteiger charge is 2.24. The summed E-state index contributed by atoms with van der Waals surface area (Å²) in [6.07, 6.45) is 3.77. The first kappa shape index (κ1) is 20.0. The molecule has 1 aromatic carbocycles. The van der Waals surface area contributed by atoms with Gasteiger partial charge in [0.05, 0.1) is 5.69 Å². The van der Waals surface area contributed by atoms with Crippen molar-refractivity contribution in [3.63, 3.8) is 0 Å². The number of benzene rings is 1. The van der Waals surface area contributed by atoms with Gasteiger partial charge in [0.2, 0.25) is 5.91 Å². The molecule has 4 rings (SSSR count). The van der Waals surface area contributed by atoms with Crippen molar-refractivity contribution >= 4 is 34.0 Å². The highest BCUT2D eigenvalue weighted by Crippen LogP contribution is 2.30. The number of piperidine rings is 1. The lowest BCUT2D eigenvalue weighted by Gasteiger charge is -2.29. The summed E-state index contributed by atoms with van der Waals surface area (Å²) < 4.78 is 0. The van der Waals surface area contributed by atoms with Crippen molar-refractivity contribution in [2.45, 2.75) is 46.1 Å². The molecule has 0 aliphatic carbocycles. The molecule has 3 heterocycles. The second-order valence-electron chi connectivity index (χ2n) is 8.05. The summed E-state index contributed by atoms with van der Waals surface area (Å²) >= 11 is 1.47. The lowest BCUT2D eigenvalue weighted by atomic mass is 9.99. The van der Waals surface area contributed by atoms with Crippen LogP contribution in [-0.4, -0.2) is 41.3 Å². The largest absolute Gasteiger partial charge is 0.312 e. The fourth-order valence-electron chi connectivity index (χ4n) is 4.05. The maximum absolute atomic E-state index is 12.7. The molecule has 0 bridgehead atoms. The van der Waals surface area contributed by atoms with Crippen LogP contribution in [0.1, 0.15) is 54.7 Å². The van der Waals surface area contributed by atoms with Crippen LogP contribution < -0.4 is 10.2 Å². The molecule has 2 amide bonds. The number of amides is 2. The maximum Gasteiger partial charge on any atom is 0.257 e. The zero-order valence-corrected chi connectivity index (χ0v) is 17.9. The van der Waals surface area contributed by atoms with Gasteiger partial charge in [-0.25, -0.2) is 4.98 Å². The number of hydrogen-bond donors (Lipinski definition) is 1. The maximum atomic E-state index is 12.7. The molecule has 6 nitrogen and oxygen atoms in total. The molecule has 7 heteroatoms. The molecular formula is C22H28N4O2S. The van der Waals surface area contributed by atoms with Gasteiger partial charge in [0.15, 0.2) is 5.13 Å². The fourth-order valence-corrected chi connectivity index (χ4v) is 4.74. The Hall–Kier alpha value is -2.25. The highest BCUT2D eigenvalue weighted by atomic mass is 32.1. The Morgan fingerprint density at radius 2 is 2.03 bits per heavy atom. The lowest BCUT2D eigenvalue weighted by Crippen LogP contribution is -2.32. The highest BCUT2D eigenvalue weighted by molar-refractivity contribution is 7.14. The number of hydrogen-bond acceptors (Lipinski definition) is 5. The molecule has 29 heavy (non-hydrogen) atoms. The first-order valence-electron chi connectivity index (χ1n) is 10.4. The molecule has 1 aromatic heterocycles. The molecule has 0 radical (unpaired) electrons. The van der Waals surface area contributed by atoms with Crippen LogP contribution in [0.25, 0.3) is 0 Å². The monoisotopic (exact) mass is 412 g/mol. The SMILES string of the molecule is CCC(=O)N1CCc2cc(C(=O)Nc3nc(CN4CCC(C)CC4)cs3)ccc21. The van der Waals surface area contributed by atoms with E-state index < -0.39 is 0 Å². The van der Waals surface area contributed by atoms with Crippen molar-refractivity contribution in [3.8, 4) is 0 Å². The van der Waals surface area contributed by atoms with E-state index in [9.17, 15) is 9.59 Å². The Labute approximate surface area is 175 Å². The normalized spacial score (nSPS) is 17.4. The summed E-state index contributed by atoms with van der Waals surface area (Å²) in [4.78, 5) is 33.6. The van der Waals surface area contributed by atoms with Crippen molar-refractivity contribution in [3.05, 3.63) is 40.4 Å². The van der Waals surface area contributed by atoms with Crippen molar-refractivity contribution in [2.24, 2.45) is 5.92 Å². The van der Waals surface area contributed by atoms with Crippen molar-refractivity contribution in [1.29, 1.82) is 0 Å². The lowest BCUT2D eigenvalue weighted by molar-refractivity contribution is -0.118. The summed E-state index contributed by atoms with van der Waals surface area (Å²) in [5.74, 6) is 0.788. The molecule has 2 aliphatic heterocycles. The van der Waals surface area contributed by atoms with E-state index in [0.29, 0.717) is 23.7 Å². The van der Waals surface area contributed by atoms with E-state index in [0.717, 1.165) is 48.9 Å². The quantitative estimate of drug-likeness (QED) is 0.808. The zero-order valence-electron chi connectivity index (χ0n) is 17.1. The molecular weight excluding hydrogens is 384 g/mol. The summed E-state index contributed by atoms with van der Waals surface area (Å²) in [6.45, 7) is 7.96. The van der Waals surface area contributed by atoms with E-state index >= 15 is 0 Å². The van der Waals surface area contributed by atoms with E-state index in [1.165, 1.54) is 24.2 Å². The van der Waals surface area contributed by atoms with Gasteiger partial charge in [-0.3, -0.25) is 19.8 Å². The predicted molar refractivity (Wildman–Crippen MR) is 117 cm³/mol. The standard InChI is InChI=1S/C22H28N4O2S/c1-3-20(27)26-11-8-16-12-17(4-5-19(16)26)21(28)24-22-23-18(14-29-22)13-25-9-6-15(2)7-10-25/h4-5,12,14-15H,3,6-11,13H2,1-2H3,(H,23,24,28). The van der Waals surface area contributed by atoms with Crippen molar-refractivity contribution in [1.82, 2.24) is 9.88 Å². The number of anilines is 2.